The summed E-state index contributed by atoms with van der Waals surface area (Å²) in [6.07, 6.45) is -3.95. The Labute approximate surface area is 157 Å². The van der Waals surface area contributed by atoms with Crippen LogP contribution in [0.3, 0.4) is 0 Å². The normalized spacial score (nSPS) is 14.8. The molecule has 11 heteroatoms. The Bertz CT molecular complexity index is 981. The molecular weight excluding hydrogens is 379 g/mol. The maximum Gasteiger partial charge on any atom is 0.417 e. The Balaban J connectivity index is 1.66. The van der Waals surface area contributed by atoms with Crippen molar-refractivity contribution in [3.63, 3.8) is 0 Å². The van der Waals surface area contributed by atoms with Crippen molar-refractivity contribution in [2.24, 2.45) is 0 Å². The summed E-state index contributed by atoms with van der Waals surface area (Å²) in [6.45, 7) is 2.43. The maximum absolute atomic E-state index is 12.8. The number of amides is 1. The van der Waals surface area contributed by atoms with Gasteiger partial charge in [0.1, 0.15) is 12.6 Å². The van der Waals surface area contributed by atoms with Crippen molar-refractivity contribution in [1.29, 1.82) is 5.26 Å². The molecule has 0 atom stereocenters. The third kappa shape index (κ3) is 4.00. The van der Waals surface area contributed by atoms with Crippen LogP contribution in [0, 0.1) is 18.3 Å². The van der Waals surface area contributed by atoms with Crippen molar-refractivity contribution in [3.05, 3.63) is 45.8 Å². The van der Waals surface area contributed by atoms with Gasteiger partial charge in [-0.3, -0.25) is 9.59 Å². The summed E-state index contributed by atoms with van der Waals surface area (Å²) >= 11 is 0. The Morgan fingerprint density at radius 1 is 1.29 bits per heavy atom. The number of nitriles is 1. The van der Waals surface area contributed by atoms with Crippen LogP contribution in [0.2, 0.25) is 0 Å². The lowest BCUT2D eigenvalue weighted by atomic mass is 10.2. The van der Waals surface area contributed by atoms with E-state index in [0.717, 1.165) is 10.6 Å². The molecule has 1 aliphatic heterocycles. The van der Waals surface area contributed by atoms with E-state index in [4.69, 9.17) is 9.68 Å². The van der Waals surface area contributed by atoms with Crippen molar-refractivity contribution >= 4 is 11.8 Å². The van der Waals surface area contributed by atoms with Crippen LogP contribution < -0.4 is 10.5 Å². The highest BCUT2D eigenvalue weighted by molar-refractivity contribution is 5.76. The molecule has 8 nitrogen and oxygen atoms in total. The molecule has 0 N–H and O–H groups in total. The van der Waals surface area contributed by atoms with E-state index in [0.29, 0.717) is 37.1 Å². The van der Waals surface area contributed by atoms with Crippen molar-refractivity contribution < 1.29 is 22.4 Å². The van der Waals surface area contributed by atoms with Crippen LogP contribution in [0.25, 0.3) is 0 Å². The fourth-order valence-electron chi connectivity index (χ4n) is 2.93. The van der Waals surface area contributed by atoms with Crippen LogP contribution in [-0.4, -0.2) is 46.5 Å². The van der Waals surface area contributed by atoms with Crippen molar-refractivity contribution in [2.75, 3.05) is 31.1 Å². The second-order valence-electron chi connectivity index (χ2n) is 6.25. The molecule has 0 saturated carbocycles. The predicted octanol–water partition coefficient (Wildman–Crippen LogP) is 1.38. The number of rotatable bonds is 3. The standard InChI is InChI=1S/C17H16F3N5O3/c1-11-22-13(8-21)16(28-11)24-6-4-23(5-7-24)15(27)10-25-9-12(17(18,19)20)2-3-14(25)26/h2-3,9H,4-7,10H2,1H3. The van der Waals surface area contributed by atoms with Gasteiger partial charge in [0, 0.05) is 45.4 Å². The Kier molecular flexibility index (Phi) is 5.13. The quantitative estimate of drug-likeness (QED) is 0.779. The van der Waals surface area contributed by atoms with Crippen LogP contribution in [-0.2, 0) is 17.5 Å². The van der Waals surface area contributed by atoms with Gasteiger partial charge in [0.25, 0.3) is 5.56 Å². The van der Waals surface area contributed by atoms with E-state index in [1.165, 1.54) is 4.90 Å². The fraction of sp³-hybridized carbons (Fsp3) is 0.412. The van der Waals surface area contributed by atoms with Gasteiger partial charge in [0.05, 0.1) is 5.56 Å². The number of carbonyl (C=O) groups excluding carboxylic acids is 1. The summed E-state index contributed by atoms with van der Waals surface area (Å²) in [4.78, 5) is 31.4. The molecule has 1 fully saturated rings. The van der Waals surface area contributed by atoms with Gasteiger partial charge in [0.2, 0.25) is 17.5 Å². The Hall–Kier alpha value is -3.29. The van der Waals surface area contributed by atoms with Crippen LogP contribution in [0.4, 0.5) is 19.1 Å². The van der Waals surface area contributed by atoms with Gasteiger partial charge in [-0.25, -0.2) is 4.98 Å². The summed E-state index contributed by atoms with van der Waals surface area (Å²) < 4.78 is 44.6. The summed E-state index contributed by atoms with van der Waals surface area (Å²) in [5, 5.41) is 9.10. The van der Waals surface area contributed by atoms with E-state index in [2.05, 4.69) is 4.98 Å². The number of aromatic nitrogens is 2. The van der Waals surface area contributed by atoms with E-state index in [9.17, 15) is 22.8 Å². The van der Waals surface area contributed by atoms with Crippen LogP contribution in [0.5, 0.6) is 0 Å². The van der Waals surface area contributed by atoms with Crippen LogP contribution in [0.1, 0.15) is 17.1 Å². The van der Waals surface area contributed by atoms with Crippen LogP contribution >= 0.6 is 0 Å². The molecule has 0 spiro atoms. The van der Waals surface area contributed by atoms with E-state index in [-0.39, 0.29) is 18.8 Å². The lowest BCUT2D eigenvalue weighted by Gasteiger charge is -2.34. The van der Waals surface area contributed by atoms with E-state index in [1.807, 2.05) is 6.07 Å². The molecular formula is C17H16F3N5O3. The van der Waals surface area contributed by atoms with Gasteiger partial charge >= 0.3 is 6.18 Å². The second-order valence-corrected chi connectivity index (χ2v) is 6.25. The molecule has 0 bridgehead atoms. The zero-order valence-electron chi connectivity index (χ0n) is 14.9. The number of aryl methyl sites for hydroxylation is 1. The number of nitrogens with zero attached hydrogens (tertiary/aromatic N) is 5. The number of pyridine rings is 1. The summed E-state index contributed by atoms with van der Waals surface area (Å²) in [5.41, 5.74) is -1.52. The minimum Gasteiger partial charge on any atom is -0.424 e. The van der Waals surface area contributed by atoms with Gasteiger partial charge in [-0.1, -0.05) is 0 Å². The third-order valence-corrected chi connectivity index (χ3v) is 4.36. The lowest BCUT2D eigenvalue weighted by Crippen LogP contribution is -2.50. The number of alkyl halides is 3. The Morgan fingerprint density at radius 2 is 1.96 bits per heavy atom. The predicted molar refractivity (Wildman–Crippen MR) is 90.5 cm³/mol. The average Bonchev–Trinajstić information content (AvgIpc) is 3.03. The first kappa shape index (κ1) is 19.5. The molecule has 1 amide bonds. The molecule has 3 rings (SSSR count). The minimum atomic E-state index is -4.60. The number of hydrogen-bond acceptors (Lipinski definition) is 6. The highest BCUT2D eigenvalue weighted by atomic mass is 19.4. The number of carbonyl (C=O) groups is 1. The minimum absolute atomic E-state index is 0.160. The zero-order chi connectivity index (χ0) is 20.5. The monoisotopic (exact) mass is 395 g/mol. The first-order valence-corrected chi connectivity index (χ1v) is 8.37. The van der Waals surface area contributed by atoms with Gasteiger partial charge in [-0.05, 0) is 6.07 Å². The molecule has 1 aliphatic rings. The second kappa shape index (κ2) is 7.38. The van der Waals surface area contributed by atoms with Gasteiger partial charge in [0.15, 0.2) is 5.89 Å². The number of anilines is 1. The van der Waals surface area contributed by atoms with Gasteiger partial charge < -0.3 is 18.8 Å². The molecule has 1 saturated heterocycles. The van der Waals surface area contributed by atoms with E-state index in [1.54, 1.807) is 11.8 Å². The van der Waals surface area contributed by atoms with Gasteiger partial charge in [-0.2, -0.15) is 18.4 Å². The first-order valence-electron chi connectivity index (χ1n) is 8.37. The molecule has 3 heterocycles. The smallest absolute Gasteiger partial charge is 0.417 e. The number of oxazole rings is 1. The van der Waals surface area contributed by atoms with E-state index < -0.39 is 29.8 Å². The molecule has 2 aromatic rings. The molecule has 0 aliphatic carbocycles. The lowest BCUT2D eigenvalue weighted by molar-refractivity contribution is -0.138. The molecule has 0 unspecified atom stereocenters. The molecule has 28 heavy (non-hydrogen) atoms. The molecule has 2 aromatic heterocycles. The third-order valence-electron chi connectivity index (χ3n) is 4.36. The first-order chi connectivity index (χ1) is 13.2. The van der Waals surface area contributed by atoms with Crippen molar-refractivity contribution in [1.82, 2.24) is 14.5 Å². The number of hydrogen-bond donors (Lipinski definition) is 0. The fourth-order valence-corrected chi connectivity index (χ4v) is 2.93. The number of halogens is 3. The maximum atomic E-state index is 12.8. The molecule has 0 radical (unpaired) electrons. The zero-order valence-corrected chi connectivity index (χ0v) is 14.9. The molecule has 0 aromatic carbocycles. The summed E-state index contributed by atoms with van der Waals surface area (Å²) in [7, 11) is 0. The number of piperazine rings is 1. The van der Waals surface area contributed by atoms with Crippen molar-refractivity contribution in [3.8, 4) is 6.07 Å². The highest BCUT2D eigenvalue weighted by Crippen LogP contribution is 2.28. The highest BCUT2D eigenvalue weighted by Gasteiger charge is 2.31. The van der Waals surface area contributed by atoms with Crippen molar-refractivity contribution in [2.45, 2.75) is 19.6 Å². The molecule has 148 valence electrons. The van der Waals surface area contributed by atoms with Gasteiger partial charge in [-0.15, -0.1) is 0 Å². The summed E-state index contributed by atoms with van der Waals surface area (Å²) in [5.74, 6) is 0.227. The van der Waals surface area contributed by atoms with Crippen LogP contribution in [0.15, 0.2) is 27.5 Å². The Morgan fingerprint density at radius 3 is 2.57 bits per heavy atom. The summed E-state index contributed by atoms with van der Waals surface area (Å²) in [6, 6.07) is 3.43. The SMILES string of the molecule is Cc1nc(C#N)c(N2CCN(C(=O)Cn3cc(C(F)(F)F)ccc3=O)CC2)o1. The average molecular weight is 395 g/mol. The topological polar surface area (TPSA) is 95.4 Å². The van der Waals surface area contributed by atoms with E-state index >= 15 is 0 Å². The largest absolute Gasteiger partial charge is 0.424 e.